The monoisotopic (exact) mass is 521 g/mol. The second kappa shape index (κ2) is 12.5. The number of aryl methyl sites for hydroxylation is 3. The molecule has 0 spiro atoms. The summed E-state index contributed by atoms with van der Waals surface area (Å²) in [4.78, 5) is 4.79. The molecule has 0 fully saturated rings. The number of ether oxygens (including phenoxy) is 1. The van der Waals surface area contributed by atoms with Gasteiger partial charge in [-0.1, -0.05) is 119 Å². The molecule has 4 rings (SSSR count). The maximum absolute atomic E-state index is 6.64. The van der Waals surface area contributed by atoms with Crippen molar-refractivity contribution in [1.29, 1.82) is 0 Å². The summed E-state index contributed by atoms with van der Waals surface area (Å²) in [5.41, 5.74) is 9.77. The van der Waals surface area contributed by atoms with Crippen LogP contribution in [0.4, 0.5) is 0 Å². The number of hydrogen-bond acceptors (Lipinski definition) is 2. The smallest absolute Gasteiger partial charge is 0.126 e. The van der Waals surface area contributed by atoms with Gasteiger partial charge in [-0.2, -0.15) is 0 Å². The van der Waals surface area contributed by atoms with E-state index in [0.717, 1.165) is 29.9 Å². The molecule has 4 aromatic carbocycles. The van der Waals surface area contributed by atoms with Gasteiger partial charge in [0.1, 0.15) is 12.4 Å². The minimum absolute atomic E-state index is 0.0425. The van der Waals surface area contributed by atoms with Gasteiger partial charge in [0.2, 0.25) is 0 Å². The van der Waals surface area contributed by atoms with E-state index in [1.54, 1.807) is 0 Å². The molecule has 0 aliphatic rings. The molecule has 1 unspecified atom stereocenters. The summed E-state index contributed by atoms with van der Waals surface area (Å²) in [6.07, 6.45) is 2.06. The van der Waals surface area contributed by atoms with Crippen LogP contribution in [-0.4, -0.2) is 12.8 Å². The van der Waals surface area contributed by atoms with Crippen molar-refractivity contribution < 1.29 is 4.74 Å². The minimum atomic E-state index is -0.0425. The number of aliphatic imine (C=N–C) groups is 1. The van der Waals surface area contributed by atoms with Crippen molar-refractivity contribution in [3.63, 3.8) is 0 Å². The SMILES string of the molecule is CCC(CC)(Pc1c(C)cccc1/C(=N/C)c1ccccc1)c1cc(C)cc(C)c1OCc1ccccc1. The zero-order valence-electron chi connectivity index (χ0n) is 23.6. The molecular weight excluding hydrogens is 481 g/mol. The van der Waals surface area contributed by atoms with Crippen LogP contribution < -0.4 is 10.0 Å². The first-order chi connectivity index (χ1) is 18.4. The fourth-order valence-corrected chi connectivity index (χ4v) is 7.15. The highest BCUT2D eigenvalue weighted by atomic mass is 31.1. The minimum Gasteiger partial charge on any atom is -0.488 e. The van der Waals surface area contributed by atoms with E-state index in [-0.39, 0.29) is 5.16 Å². The highest BCUT2D eigenvalue weighted by Gasteiger charge is 2.34. The number of nitrogens with zero attached hydrogens (tertiary/aromatic N) is 1. The van der Waals surface area contributed by atoms with Crippen LogP contribution in [0.1, 0.15) is 65.6 Å². The Morgan fingerprint density at radius 3 is 2.08 bits per heavy atom. The molecule has 2 nitrogen and oxygen atoms in total. The second-order valence-corrected chi connectivity index (χ2v) is 11.8. The summed E-state index contributed by atoms with van der Waals surface area (Å²) in [7, 11) is 2.49. The van der Waals surface area contributed by atoms with Crippen LogP contribution in [0.3, 0.4) is 0 Å². The summed E-state index contributed by atoms with van der Waals surface area (Å²) >= 11 is 0. The molecule has 0 aliphatic carbocycles. The zero-order chi connectivity index (χ0) is 27.1. The predicted octanol–water partition coefficient (Wildman–Crippen LogP) is 8.68. The molecule has 0 saturated heterocycles. The Morgan fingerprint density at radius 1 is 0.789 bits per heavy atom. The third-order valence-corrected chi connectivity index (χ3v) is 9.90. The first kappa shape index (κ1) is 27.8. The lowest BCUT2D eigenvalue weighted by molar-refractivity contribution is 0.296. The van der Waals surface area contributed by atoms with Gasteiger partial charge in [0.05, 0.1) is 5.71 Å². The van der Waals surface area contributed by atoms with Crippen molar-refractivity contribution in [1.82, 2.24) is 0 Å². The van der Waals surface area contributed by atoms with E-state index in [0.29, 0.717) is 15.2 Å². The van der Waals surface area contributed by atoms with E-state index >= 15 is 0 Å². The highest BCUT2D eigenvalue weighted by molar-refractivity contribution is 7.49. The third-order valence-electron chi connectivity index (χ3n) is 7.53. The van der Waals surface area contributed by atoms with E-state index in [2.05, 4.69) is 126 Å². The summed E-state index contributed by atoms with van der Waals surface area (Å²) < 4.78 is 6.64. The van der Waals surface area contributed by atoms with E-state index in [1.165, 1.54) is 38.7 Å². The van der Waals surface area contributed by atoms with Gasteiger partial charge in [-0.3, -0.25) is 4.99 Å². The molecule has 0 saturated carbocycles. The van der Waals surface area contributed by atoms with Crippen molar-refractivity contribution in [2.75, 3.05) is 7.05 Å². The Hall–Kier alpha value is -3.22. The van der Waals surface area contributed by atoms with E-state index < -0.39 is 0 Å². The van der Waals surface area contributed by atoms with Gasteiger partial charge in [0.15, 0.2) is 0 Å². The number of hydrogen-bond donors (Lipinski definition) is 0. The Morgan fingerprint density at radius 2 is 1.45 bits per heavy atom. The van der Waals surface area contributed by atoms with Crippen LogP contribution in [-0.2, 0) is 11.8 Å². The average Bonchev–Trinajstić information content (AvgIpc) is 2.94. The normalized spacial score (nSPS) is 12.3. The Kier molecular flexibility index (Phi) is 9.18. The molecule has 0 N–H and O–H groups in total. The molecule has 3 heteroatoms. The quantitative estimate of drug-likeness (QED) is 0.151. The van der Waals surface area contributed by atoms with E-state index in [4.69, 9.17) is 9.73 Å². The van der Waals surface area contributed by atoms with E-state index in [1.807, 2.05) is 7.05 Å². The standard InChI is InChI=1S/C35H40NOP/c1-7-35(8-2,31-23-25(3)22-27(5)33(31)37-24-28-17-11-9-12-18-28)38-34-26(4)16-15-21-30(34)32(36-6)29-19-13-10-14-20-29/h9-23,38H,7-8,24H2,1-6H3/b36-32+. The Balaban J connectivity index is 1.82. The maximum Gasteiger partial charge on any atom is 0.126 e. The van der Waals surface area contributed by atoms with Crippen LogP contribution in [0, 0.1) is 20.8 Å². The van der Waals surface area contributed by atoms with Gasteiger partial charge in [0, 0.05) is 28.9 Å². The van der Waals surface area contributed by atoms with Crippen LogP contribution in [0.5, 0.6) is 5.75 Å². The van der Waals surface area contributed by atoms with Crippen LogP contribution in [0.25, 0.3) is 0 Å². The summed E-state index contributed by atoms with van der Waals surface area (Å²) in [5.74, 6) is 1.04. The van der Waals surface area contributed by atoms with Gasteiger partial charge in [0.25, 0.3) is 0 Å². The molecule has 0 aliphatic heterocycles. The lowest BCUT2D eigenvalue weighted by Crippen LogP contribution is -2.27. The van der Waals surface area contributed by atoms with Crippen LogP contribution >= 0.6 is 8.58 Å². The van der Waals surface area contributed by atoms with Gasteiger partial charge in [-0.25, -0.2) is 0 Å². The van der Waals surface area contributed by atoms with Gasteiger partial charge < -0.3 is 4.74 Å². The lowest BCUT2D eigenvalue weighted by atomic mass is 9.89. The Bertz CT molecular complexity index is 1390. The number of benzene rings is 4. The maximum atomic E-state index is 6.64. The van der Waals surface area contributed by atoms with Crippen LogP contribution in [0.2, 0.25) is 0 Å². The lowest BCUT2D eigenvalue weighted by Gasteiger charge is -2.36. The summed E-state index contributed by atoms with van der Waals surface area (Å²) in [5, 5.41) is 1.35. The molecule has 0 aromatic heterocycles. The van der Waals surface area contributed by atoms with Gasteiger partial charge >= 0.3 is 0 Å². The molecule has 0 heterocycles. The molecule has 196 valence electrons. The van der Waals surface area contributed by atoms with Crippen molar-refractivity contribution in [2.45, 2.75) is 59.2 Å². The summed E-state index contributed by atoms with van der Waals surface area (Å²) in [6, 6.07) is 32.3. The fraction of sp³-hybridized carbons (Fsp3) is 0.286. The molecule has 38 heavy (non-hydrogen) atoms. The highest BCUT2D eigenvalue weighted by Crippen LogP contribution is 2.52. The summed E-state index contributed by atoms with van der Waals surface area (Å²) in [6.45, 7) is 11.9. The molecule has 0 radical (unpaired) electrons. The molecular formula is C35H40NOP. The average molecular weight is 522 g/mol. The van der Waals surface area contributed by atoms with Crippen molar-refractivity contribution in [2.24, 2.45) is 4.99 Å². The molecule has 0 amide bonds. The van der Waals surface area contributed by atoms with Gasteiger partial charge in [-0.15, -0.1) is 0 Å². The second-order valence-electron chi connectivity index (χ2n) is 10.1. The molecule has 0 bridgehead atoms. The first-order valence-corrected chi connectivity index (χ1v) is 14.6. The van der Waals surface area contributed by atoms with Crippen molar-refractivity contribution in [3.05, 3.63) is 130 Å². The van der Waals surface area contributed by atoms with Gasteiger partial charge in [-0.05, 0) is 55.6 Å². The van der Waals surface area contributed by atoms with Crippen molar-refractivity contribution in [3.8, 4) is 5.75 Å². The first-order valence-electron chi connectivity index (χ1n) is 13.6. The van der Waals surface area contributed by atoms with E-state index in [9.17, 15) is 0 Å². The zero-order valence-corrected chi connectivity index (χ0v) is 24.6. The topological polar surface area (TPSA) is 21.6 Å². The molecule has 1 atom stereocenters. The third kappa shape index (κ3) is 5.92. The largest absolute Gasteiger partial charge is 0.488 e. The predicted molar refractivity (Wildman–Crippen MR) is 166 cm³/mol. The number of rotatable bonds is 10. The van der Waals surface area contributed by atoms with Crippen molar-refractivity contribution >= 4 is 19.6 Å². The van der Waals surface area contributed by atoms with Crippen LogP contribution in [0.15, 0.2) is 96.0 Å². The fourth-order valence-electron chi connectivity index (χ4n) is 5.38. The Labute approximate surface area is 231 Å². The molecule has 4 aromatic rings.